The molecule has 0 bridgehead atoms. The van der Waals surface area contributed by atoms with Gasteiger partial charge in [0.1, 0.15) is 0 Å². The summed E-state index contributed by atoms with van der Waals surface area (Å²) in [5.41, 5.74) is 0.647. The summed E-state index contributed by atoms with van der Waals surface area (Å²) in [5, 5.41) is 3.59. The first kappa shape index (κ1) is 16.1. The molecular weight excluding hydrogens is 274 g/mol. The molecule has 0 atom stereocenters. The highest BCUT2D eigenvalue weighted by atomic mass is 15.3. The van der Waals surface area contributed by atoms with Crippen LogP contribution in [0, 0.1) is 5.41 Å². The second kappa shape index (κ2) is 7.18. The molecule has 22 heavy (non-hydrogen) atoms. The van der Waals surface area contributed by atoms with Crippen molar-refractivity contribution in [1.29, 1.82) is 0 Å². The zero-order chi connectivity index (χ0) is 15.4. The zero-order valence-corrected chi connectivity index (χ0v) is 14.5. The Morgan fingerprint density at radius 3 is 2.32 bits per heavy atom. The van der Waals surface area contributed by atoms with Crippen LogP contribution in [-0.2, 0) is 0 Å². The minimum Gasteiger partial charge on any atom is -0.355 e. The van der Waals surface area contributed by atoms with Crippen LogP contribution in [-0.4, -0.2) is 86.6 Å². The lowest BCUT2D eigenvalue weighted by atomic mass is 9.68. The summed E-state index contributed by atoms with van der Waals surface area (Å²) >= 11 is 0. The van der Waals surface area contributed by atoms with Gasteiger partial charge in [-0.25, -0.2) is 0 Å². The van der Waals surface area contributed by atoms with E-state index in [4.69, 9.17) is 0 Å². The van der Waals surface area contributed by atoms with Gasteiger partial charge in [-0.3, -0.25) is 9.89 Å². The standard InChI is InChI=1S/C17H33N5/c1-3-20-11-13-21(14-12-20)10-8-19-16(18-2)22-9-7-17(15-22)5-4-6-17/h3-15H2,1-2H3,(H,18,19). The summed E-state index contributed by atoms with van der Waals surface area (Å²) in [7, 11) is 1.92. The third-order valence-electron chi connectivity index (χ3n) is 5.99. The highest BCUT2D eigenvalue weighted by Gasteiger charge is 2.43. The van der Waals surface area contributed by atoms with Crippen molar-refractivity contribution >= 4 is 5.96 Å². The van der Waals surface area contributed by atoms with E-state index in [0.29, 0.717) is 5.41 Å². The van der Waals surface area contributed by atoms with Crippen LogP contribution in [0.4, 0.5) is 0 Å². The Morgan fingerprint density at radius 2 is 1.77 bits per heavy atom. The minimum atomic E-state index is 0.647. The summed E-state index contributed by atoms with van der Waals surface area (Å²) in [6, 6.07) is 0. The van der Waals surface area contributed by atoms with Gasteiger partial charge in [-0.1, -0.05) is 13.3 Å². The van der Waals surface area contributed by atoms with Crippen molar-refractivity contribution in [3.63, 3.8) is 0 Å². The fourth-order valence-corrected chi connectivity index (χ4v) is 4.19. The molecule has 3 rings (SSSR count). The Kier molecular flexibility index (Phi) is 5.24. The fourth-order valence-electron chi connectivity index (χ4n) is 4.19. The van der Waals surface area contributed by atoms with Crippen molar-refractivity contribution in [3.05, 3.63) is 0 Å². The van der Waals surface area contributed by atoms with Gasteiger partial charge in [-0.05, 0) is 31.2 Å². The number of aliphatic imine (C=N–C) groups is 1. The van der Waals surface area contributed by atoms with Crippen LogP contribution in [0.25, 0.3) is 0 Å². The lowest BCUT2D eigenvalue weighted by Gasteiger charge is -2.38. The molecule has 5 nitrogen and oxygen atoms in total. The van der Waals surface area contributed by atoms with Crippen LogP contribution in [0.3, 0.4) is 0 Å². The van der Waals surface area contributed by atoms with Crippen LogP contribution in [0.15, 0.2) is 4.99 Å². The van der Waals surface area contributed by atoms with Crippen LogP contribution < -0.4 is 5.32 Å². The molecule has 5 heteroatoms. The van der Waals surface area contributed by atoms with Gasteiger partial charge in [0.2, 0.25) is 0 Å². The van der Waals surface area contributed by atoms with Crippen LogP contribution in [0.2, 0.25) is 0 Å². The van der Waals surface area contributed by atoms with E-state index < -0.39 is 0 Å². The molecule has 0 aromatic carbocycles. The number of rotatable bonds is 4. The average Bonchev–Trinajstić information content (AvgIpc) is 2.98. The third-order valence-corrected chi connectivity index (χ3v) is 5.99. The number of likely N-dealkylation sites (tertiary alicyclic amines) is 1. The molecule has 2 heterocycles. The van der Waals surface area contributed by atoms with Gasteiger partial charge in [-0.15, -0.1) is 0 Å². The lowest BCUT2D eigenvalue weighted by Crippen LogP contribution is -2.49. The third kappa shape index (κ3) is 3.57. The van der Waals surface area contributed by atoms with E-state index in [9.17, 15) is 0 Å². The highest BCUT2D eigenvalue weighted by molar-refractivity contribution is 5.80. The predicted molar refractivity (Wildman–Crippen MR) is 92.4 cm³/mol. The Labute approximate surface area is 135 Å². The monoisotopic (exact) mass is 307 g/mol. The molecule has 0 amide bonds. The summed E-state index contributed by atoms with van der Waals surface area (Å²) < 4.78 is 0. The largest absolute Gasteiger partial charge is 0.355 e. The molecule has 3 aliphatic rings. The van der Waals surface area contributed by atoms with Crippen molar-refractivity contribution in [2.75, 3.05) is 66.0 Å². The van der Waals surface area contributed by atoms with E-state index in [-0.39, 0.29) is 0 Å². The second-order valence-electron chi connectivity index (χ2n) is 7.28. The van der Waals surface area contributed by atoms with Gasteiger partial charge in [0, 0.05) is 59.4 Å². The van der Waals surface area contributed by atoms with Crippen LogP contribution >= 0.6 is 0 Å². The van der Waals surface area contributed by atoms with E-state index in [1.165, 1.54) is 71.5 Å². The number of nitrogens with one attached hydrogen (secondary N) is 1. The normalized spacial score (nSPS) is 26.5. The molecule has 0 aromatic rings. The van der Waals surface area contributed by atoms with Gasteiger partial charge in [0.05, 0.1) is 0 Å². The lowest BCUT2D eigenvalue weighted by molar-refractivity contribution is 0.138. The molecule has 3 fully saturated rings. The first-order chi connectivity index (χ1) is 10.7. The zero-order valence-electron chi connectivity index (χ0n) is 14.5. The molecule has 1 aliphatic carbocycles. The van der Waals surface area contributed by atoms with Crippen molar-refractivity contribution < 1.29 is 0 Å². The minimum absolute atomic E-state index is 0.647. The molecule has 126 valence electrons. The Balaban J connectivity index is 1.37. The molecule has 0 aromatic heterocycles. The van der Waals surface area contributed by atoms with E-state index in [0.717, 1.165) is 19.0 Å². The summed E-state index contributed by atoms with van der Waals surface area (Å²) in [4.78, 5) is 12.1. The van der Waals surface area contributed by atoms with E-state index >= 15 is 0 Å². The molecule has 2 aliphatic heterocycles. The van der Waals surface area contributed by atoms with Gasteiger partial charge >= 0.3 is 0 Å². The number of hydrogen-bond acceptors (Lipinski definition) is 3. The Bertz CT molecular complexity index is 383. The molecule has 0 radical (unpaired) electrons. The van der Waals surface area contributed by atoms with E-state index in [1.54, 1.807) is 0 Å². The summed E-state index contributed by atoms with van der Waals surface area (Å²) in [6.45, 7) is 12.9. The topological polar surface area (TPSA) is 34.1 Å². The highest BCUT2D eigenvalue weighted by Crippen LogP contribution is 2.47. The quantitative estimate of drug-likeness (QED) is 0.622. The van der Waals surface area contributed by atoms with E-state index in [1.807, 2.05) is 7.05 Å². The van der Waals surface area contributed by atoms with Crippen molar-refractivity contribution in [1.82, 2.24) is 20.0 Å². The van der Waals surface area contributed by atoms with Gasteiger partial charge in [0.25, 0.3) is 0 Å². The van der Waals surface area contributed by atoms with Gasteiger partial charge in [-0.2, -0.15) is 0 Å². The molecule has 0 unspecified atom stereocenters. The SMILES string of the molecule is CCN1CCN(CCNC(=NC)N2CCC3(CCC3)C2)CC1. The van der Waals surface area contributed by atoms with Gasteiger partial charge in [0.15, 0.2) is 5.96 Å². The predicted octanol–water partition coefficient (Wildman–Crippen LogP) is 1.08. The molecule has 1 saturated carbocycles. The smallest absolute Gasteiger partial charge is 0.193 e. The number of hydrogen-bond donors (Lipinski definition) is 1. The van der Waals surface area contributed by atoms with Crippen molar-refractivity contribution in [3.8, 4) is 0 Å². The van der Waals surface area contributed by atoms with E-state index in [2.05, 4.69) is 31.9 Å². The van der Waals surface area contributed by atoms with Crippen molar-refractivity contribution in [2.45, 2.75) is 32.6 Å². The average molecular weight is 307 g/mol. The first-order valence-corrected chi connectivity index (χ1v) is 9.15. The Morgan fingerprint density at radius 1 is 1.05 bits per heavy atom. The molecule has 2 saturated heterocycles. The van der Waals surface area contributed by atoms with Gasteiger partial charge < -0.3 is 15.1 Å². The first-order valence-electron chi connectivity index (χ1n) is 9.15. The summed E-state index contributed by atoms with van der Waals surface area (Å²) in [5.74, 6) is 1.12. The maximum atomic E-state index is 4.51. The number of guanidine groups is 1. The molecular formula is C17H33N5. The van der Waals surface area contributed by atoms with Crippen LogP contribution in [0.1, 0.15) is 32.6 Å². The molecule has 1 N–H and O–H groups in total. The fraction of sp³-hybridized carbons (Fsp3) is 0.941. The van der Waals surface area contributed by atoms with Crippen LogP contribution in [0.5, 0.6) is 0 Å². The molecule has 1 spiro atoms. The summed E-state index contributed by atoms with van der Waals surface area (Å²) in [6.07, 6.45) is 5.67. The number of likely N-dealkylation sites (N-methyl/N-ethyl adjacent to an activating group) is 1. The maximum Gasteiger partial charge on any atom is 0.193 e. The Hall–Kier alpha value is -0.810. The second-order valence-corrected chi connectivity index (χ2v) is 7.28. The number of nitrogens with zero attached hydrogens (tertiary/aromatic N) is 4. The van der Waals surface area contributed by atoms with Crippen molar-refractivity contribution in [2.24, 2.45) is 10.4 Å². The maximum absolute atomic E-state index is 4.51. The number of piperazine rings is 1.